The van der Waals surface area contributed by atoms with Crippen LogP contribution in [0.3, 0.4) is 0 Å². The van der Waals surface area contributed by atoms with Gasteiger partial charge in [0.1, 0.15) is 0 Å². The summed E-state index contributed by atoms with van der Waals surface area (Å²) >= 11 is 4.22. The first-order chi connectivity index (χ1) is 4.68. The van der Waals surface area contributed by atoms with Crippen molar-refractivity contribution in [2.45, 2.75) is 19.9 Å². The van der Waals surface area contributed by atoms with Crippen LogP contribution in [0.1, 0.15) is 13.8 Å². The van der Waals surface area contributed by atoms with Crippen LogP contribution in [0, 0.1) is 0 Å². The van der Waals surface area contributed by atoms with Gasteiger partial charge in [0, 0.05) is 10.6 Å². The highest BCUT2D eigenvalue weighted by Crippen LogP contribution is 2.09. The Morgan fingerprint density at radius 3 is 3.00 bits per heavy atom. The van der Waals surface area contributed by atoms with Crippen molar-refractivity contribution < 1.29 is 0 Å². The van der Waals surface area contributed by atoms with Gasteiger partial charge in [0.2, 0.25) is 0 Å². The van der Waals surface area contributed by atoms with E-state index in [0.29, 0.717) is 6.04 Å². The third kappa shape index (κ3) is 2.03. The molecule has 1 nitrogen and oxygen atoms in total. The van der Waals surface area contributed by atoms with Crippen LogP contribution in [0.4, 0.5) is 0 Å². The molecule has 0 aromatic heterocycles. The average molecular weight is 153 g/mol. The van der Waals surface area contributed by atoms with Crippen LogP contribution in [0.5, 0.6) is 0 Å². The third-order valence-electron chi connectivity index (χ3n) is 1.31. The monoisotopic (exact) mass is 153 g/mol. The van der Waals surface area contributed by atoms with Gasteiger partial charge in [-0.2, -0.15) is 0 Å². The van der Waals surface area contributed by atoms with Gasteiger partial charge in [0.25, 0.3) is 0 Å². The molecule has 54 valence electrons. The molecule has 1 rings (SSSR count). The zero-order chi connectivity index (χ0) is 7.56. The van der Waals surface area contributed by atoms with Gasteiger partial charge in [-0.05, 0) is 19.9 Å². The van der Waals surface area contributed by atoms with E-state index in [2.05, 4.69) is 24.5 Å². The zero-order valence-corrected chi connectivity index (χ0v) is 7.10. The van der Waals surface area contributed by atoms with Crippen molar-refractivity contribution in [3.05, 3.63) is 23.1 Å². The lowest BCUT2D eigenvalue weighted by molar-refractivity contribution is 0.929. The molecule has 0 saturated heterocycles. The second-order valence-electron chi connectivity index (χ2n) is 2.44. The molecule has 1 aliphatic heterocycles. The highest BCUT2D eigenvalue weighted by Gasteiger charge is 1.97. The fourth-order valence-corrected chi connectivity index (χ4v) is 1.17. The molecule has 0 aliphatic carbocycles. The van der Waals surface area contributed by atoms with Crippen molar-refractivity contribution in [1.29, 1.82) is 0 Å². The number of aliphatic imine (C=N–C) groups is 1. The molecular formula is C8H11NS. The minimum atomic E-state index is 0.292. The molecule has 1 unspecified atom stereocenters. The minimum absolute atomic E-state index is 0.292. The highest BCUT2D eigenvalue weighted by atomic mass is 32.1. The number of thiol groups is 1. The first kappa shape index (κ1) is 7.61. The van der Waals surface area contributed by atoms with Crippen molar-refractivity contribution in [3.63, 3.8) is 0 Å². The zero-order valence-electron chi connectivity index (χ0n) is 6.20. The molecule has 1 aliphatic rings. The molecule has 0 amide bonds. The minimum Gasteiger partial charge on any atom is -0.283 e. The van der Waals surface area contributed by atoms with E-state index in [9.17, 15) is 0 Å². The quantitative estimate of drug-likeness (QED) is 0.512. The van der Waals surface area contributed by atoms with Crippen LogP contribution < -0.4 is 0 Å². The Morgan fingerprint density at radius 1 is 1.60 bits per heavy atom. The van der Waals surface area contributed by atoms with Gasteiger partial charge in [-0.25, -0.2) is 0 Å². The van der Waals surface area contributed by atoms with Crippen LogP contribution >= 0.6 is 12.6 Å². The lowest BCUT2D eigenvalue weighted by Crippen LogP contribution is -1.94. The SMILES string of the molecule is CC1=NC(C)C=CC(S)=C1. The van der Waals surface area contributed by atoms with Crippen LogP contribution in [0.15, 0.2) is 28.1 Å². The van der Waals surface area contributed by atoms with Crippen LogP contribution in [-0.4, -0.2) is 11.8 Å². The molecule has 0 saturated carbocycles. The second-order valence-corrected chi connectivity index (χ2v) is 2.96. The van der Waals surface area contributed by atoms with Crippen molar-refractivity contribution in [2.75, 3.05) is 0 Å². The summed E-state index contributed by atoms with van der Waals surface area (Å²) in [5.41, 5.74) is 1.04. The van der Waals surface area contributed by atoms with Gasteiger partial charge in [-0.15, -0.1) is 12.6 Å². The second kappa shape index (κ2) is 3.06. The van der Waals surface area contributed by atoms with E-state index in [1.807, 2.05) is 25.2 Å². The fraction of sp³-hybridized carbons (Fsp3) is 0.375. The van der Waals surface area contributed by atoms with Crippen molar-refractivity contribution in [2.24, 2.45) is 4.99 Å². The third-order valence-corrected chi connectivity index (χ3v) is 1.59. The van der Waals surface area contributed by atoms with Gasteiger partial charge in [0.05, 0.1) is 6.04 Å². The highest BCUT2D eigenvalue weighted by molar-refractivity contribution is 7.84. The van der Waals surface area contributed by atoms with Crippen molar-refractivity contribution in [3.8, 4) is 0 Å². The van der Waals surface area contributed by atoms with E-state index in [1.165, 1.54) is 0 Å². The molecule has 0 aromatic rings. The summed E-state index contributed by atoms with van der Waals surface area (Å²) in [7, 11) is 0. The summed E-state index contributed by atoms with van der Waals surface area (Å²) in [5, 5.41) is 0. The van der Waals surface area contributed by atoms with E-state index in [-0.39, 0.29) is 0 Å². The molecule has 1 heterocycles. The summed E-state index contributed by atoms with van der Waals surface area (Å²) in [6, 6.07) is 0.292. The Kier molecular flexibility index (Phi) is 2.33. The maximum atomic E-state index is 4.33. The fourth-order valence-electron chi connectivity index (χ4n) is 0.901. The van der Waals surface area contributed by atoms with Gasteiger partial charge < -0.3 is 0 Å². The molecule has 0 spiro atoms. The molecule has 0 aromatic carbocycles. The molecule has 0 fully saturated rings. The predicted molar refractivity (Wildman–Crippen MR) is 48.8 cm³/mol. The molecule has 2 heteroatoms. The van der Waals surface area contributed by atoms with E-state index in [0.717, 1.165) is 10.6 Å². The van der Waals surface area contributed by atoms with E-state index in [1.54, 1.807) is 0 Å². The van der Waals surface area contributed by atoms with Gasteiger partial charge in [-0.3, -0.25) is 4.99 Å². The maximum absolute atomic E-state index is 4.33. The molecule has 10 heavy (non-hydrogen) atoms. The Hall–Kier alpha value is -0.500. The summed E-state index contributed by atoms with van der Waals surface area (Å²) in [6.45, 7) is 4.04. The van der Waals surface area contributed by atoms with Crippen LogP contribution in [-0.2, 0) is 0 Å². The van der Waals surface area contributed by atoms with Crippen LogP contribution in [0.2, 0.25) is 0 Å². The number of allylic oxidation sites excluding steroid dienone is 2. The molecule has 1 atom stereocenters. The summed E-state index contributed by atoms with van der Waals surface area (Å²) in [6.07, 6.45) is 5.98. The summed E-state index contributed by atoms with van der Waals surface area (Å²) < 4.78 is 0. The maximum Gasteiger partial charge on any atom is 0.0658 e. The summed E-state index contributed by atoms with van der Waals surface area (Å²) in [5.74, 6) is 0. The number of rotatable bonds is 0. The first-order valence-electron chi connectivity index (χ1n) is 3.32. The molecular weight excluding hydrogens is 142 g/mol. The Labute approximate surface area is 67.0 Å². The van der Waals surface area contributed by atoms with E-state index < -0.39 is 0 Å². The Bertz CT molecular complexity index is 213. The molecule has 0 N–H and O–H groups in total. The lowest BCUT2D eigenvalue weighted by Gasteiger charge is -1.95. The molecule has 0 radical (unpaired) electrons. The first-order valence-corrected chi connectivity index (χ1v) is 3.76. The Balaban J connectivity index is 2.88. The predicted octanol–water partition coefficient (Wildman–Crippen LogP) is 2.22. The number of hydrogen-bond donors (Lipinski definition) is 1. The van der Waals surface area contributed by atoms with E-state index in [4.69, 9.17) is 0 Å². The van der Waals surface area contributed by atoms with Crippen molar-refractivity contribution in [1.82, 2.24) is 0 Å². The van der Waals surface area contributed by atoms with Crippen molar-refractivity contribution >= 4 is 18.3 Å². The topological polar surface area (TPSA) is 12.4 Å². The lowest BCUT2D eigenvalue weighted by atomic mass is 10.3. The Morgan fingerprint density at radius 2 is 2.30 bits per heavy atom. The molecule has 0 bridgehead atoms. The number of nitrogens with zero attached hydrogens (tertiary/aromatic N) is 1. The van der Waals surface area contributed by atoms with Gasteiger partial charge in [0.15, 0.2) is 0 Å². The van der Waals surface area contributed by atoms with Crippen LogP contribution in [0.25, 0.3) is 0 Å². The smallest absolute Gasteiger partial charge is 0.0658 e. The average Bonchev–Trinajstić information content (AvgIpc) is 1.93. The van der Waals surface area contributed by atoms with Gasteiger partial charge in [-0.1, -0.05) is 12.2 Å². The standard InChI is InChI=1S/C8H11NS/c1-6-3-4-8(10)5-7(2)9-6/h3-6,10H,1-2H3. The largest absolute Gasteiger partial charge is 0.283 e. The van der Waals surface area contributed by atoms with Gasteiger partial charge >= 0.3 is 0 Å². The van der Waals surface area contributed by atoms with E-state index >= 15 is 0 Å². The number of hydrogen-bond acceptors (Lipinski definition) is 2. The normalized spacial score (nSPS) is 25.3. The summed E-state index contributed by atoms with van der Waals surface area (Å²) in [4.78, 5) is 5.31.